The minimum atomic E-state index is -3.05. The molecule has 0 amide bonds. The second-order valence-corrected chi connectivity index (χ2v) is 7.67. The summed E-state index contributed by atoms with van der Waals surface area (Å²) in [5.41, 5.74) is 0. The fourth-order valence-electron chi connectivity index (χ4n) is 2.27. The predicted octanol–water partition coefficient (Wildman–Crippen LogP) is 1.44. The van der Waals surface area contributed by atoms with Crippen molar-refractivity contribution in [2.45, 2.75) is 45.1 Å². The van der Waals surface area contributed by atoms with E-state index in [-0.39, 0.29) is 5.75 Å². The molecule has 1 rings (SSSR count). The molecular weight excluding hydrogens is 236 g/mol. The van der Waals surface area contributed by atoms with Crippen LogP contribution < -0.4 is 5.32 Å². The Morgan fingerprint density at radius 3 is 2.53 bits per heavy atom. The first kappa shape index (κ1) is 14.9. The maximum Gasteiger partial charge on any atom is 0.214 e. The van der Waals surface area contributed by atoms with Crippen LogP contribution in [0.3, 0.4) is 0 Å². The molecule has 0 aromatic heterocycles. The van der Waals surface area contributed by atoms with Crippen LogP contribution in [0.25, 0.3) is 0 Å². The maximum atomic E-state index is 11.6. The molecule has 0 aromatic carbocycles. The molecule has 17 heavy (non-hydrogen) atoms. The number of rotatable bonds is 5. The van der Waals surface area contributed by atoms with Gasteiger partial charge in [0.05, 0.1) is 5.75 Å². The zero-order chi connectivity index (χ0) is 12.9. The van der Waals surface area contributed by atoms with E-state index < -0.39 is 10.0 Å². The largest absolute Gasteiger partial charge is 0.313 e. The van der Waals surface area contributed by atoms with Crippen molar-refractivity contribution < 1.29 is 8.42 Å². The van der Waals surface area contributed by atoms with Gasteiger partial charge >= 0.3 is 0 Å². The summed E-state index contributed by atoms with van der Waals surface area (Å²) < 4.78 is 24.5. The van der Waals surface area contributed by atoms with E-state index in [4.69, 9.17) is 0 Å². The first-order valence-corrected chi connectivity index (χ1v) is 8.16. The molecule has 4 nitrogen and oxygen atoms in total. The smallest absolute Gasteiger partial charge is 0.214 e. The molecule has 0 aromatic rings. The van der Waals surface area contributed by atoms with Gasteiger partial charge in [0.1, 0.15) is 0 Å². The lowest BCUT2D eigenvalue weighted by molar-refractivity contribution is 0.453. The molecule has 2 unspecified atom stereocenters. The lowest BCUT2D eigenvalue weighted by Crippen LogP contribution is -2.36. The summed E-state index contributed by atoms with van der Waals surface area (Å²) in [5, 5.41) is 3.39. The van der Waals surface area contributed by atoms with Crippen molar-refractivity contribution in [3.63, 3.8) is 0 Å². The minimum Gasteiger partial charge on any atom is -0.313 e. The Balaban J connectivity index is 2.27. The quantitative estimate of drug-likeness (QED) is 0.763. The topological polar surface area (TPSA) is 49.4 Å². The first-order chi connectivity index (χ1) is 7.92. The molecule has 5 heteroatoms. The summed E-state index contributed by atoms with van der Waals surface area (Å²) in [6, 6.07) is 0.511. The molecule has 0 radical (unpaired) electrons. The summed E-state index contributed by atoms with van der Waals surface area (Å²) in [7, 11) is 0.124. The van der Waals surface area contributed by atoms with Crippen molar-refractivity contribution in [1.29, 1.82) is 0 Å². The monoisotopic (exact) mass is 262 g/mol. The van der Waals surface area contributed by atoms with Crippen LogP contribution in [0.15, 0.2) is 0 Å². The van der Waals surface area contributed by atoms with Gasteiger partial charge in [0, 0.05) is 26.7 Å². The van der Waals surface area contributed by atoms with Crippen LogP contribution in [0.5, 0.6) is 0 Å². The summed E-state index contributed by atoms with van der Waals surface area (Å²) in [4.78, 5) is 0. The highest BCUT2D eigenvalue weighted by molar-refractivity contribution is 7.89. The Hall–Kier alpha value is -0.130. The van der Waals surface area contributed by atoms with E-state index in [2.05, 4.69) is 12.2 Å². The lowest BCUT2D eigenvalue weighted by Gasteiger charge is -2.17. The molecule has 1 aliphatic carbocycles. The molecule has 1 saturated carbocycles. The van der Waals surface area contributed by atoms with Crippen LogP contribution in [0.1, 0.15) is 39.0 Å². The molecule has 0 spiro atoms. The van der Waals surface area contributed by atoms with Crippen molar-refractivity contribution in [2.75, 3.05) is 26.4 Å². The van der Waals surface area contributed by atoms with Gasteiger partial charge in [-0.25, -0.2) is 12.7 Å². The molecular formula is C12H26N2O2S. The van der Waals surface area contributed by atoms with Crippen molar-refractivity contribution in [1.82, 2.24) is 9.62 Å². The molecule has 1 fully saturated rings. The van der Waals surface area contributed by atoms with E-state index in [1.165, 1.54) is 36.4 Å². The SMILES string of the molecule is CC1CCCC(NCCS(=O)(=O)N(C)C)CC1. The van der Waals surface area contributed by atoms with Gasteiger partial charge in [-0.1, -0.05) is 19.8 Å². The Morgan fingerprint density at radius 1 is 1.18 bits per heavy atom. The van der Waals surface area contributed by atoms with Crippen molar-refractivity contribution in [2.24, 2.45) is 5.92 Å². The van der Waals surface area contributed by atoms with Crippen molar-refractivity contribution >= 4 is 10.0 Å². The number of hydrogen-bond donors (Lipinski definition) is 1. The van der Waals surface area contributed by atoms with Crippen LogP contribution in [0, 0.1) is 5.92 Å². The van der Waals surface area contributed by atoms with Crippen LogP contribution in [0.2, 0.25) is 0 Å². The Kier molecular flexibility index (Phi) is 5.89. The third kappa shape index (κ3) is 5.36. The molecule has 0 heterocycles. The van der Waals surface area contributed by atoms with E-state index in [0.717, 1.165) is 5.92 Å². The van der Waals surface area contributed by atoms with Crippen LogP contribution in [-0.2, 0) is 10.0 Å². The second kappa shape index (κ2) is 6.71. The lowest BCUT2D eigenvalue weighted by atomic mass is 10.0. The van der Waals surface area contributed by atoms with Gasteiger partial charge in [-0.05, 0) is 25.2 Å². The fraction of sp³-hybridized carbons (Fsp3) is 1.00. The van der Waals surface area contributed by atoms with Gasteiger partial charge in [-0.3, -0.25) is 0 Å². The highest BCUT2D eigenvalue weighted by atomic mass is 32.2. The molecule has 0 bridgehead atoms. The van der Waals surface area contributed by atoms with Crippen LogP contribution in [-0.4, -0.2) is 45.2 Å². The van der Waals surface area contributed by atoms with E-state index in [1.54, 1.807) is 14.1 Å². The summed E-state index contributed by atoms with van der Waals surface area (Å²) >= 11 is 0. The van der Waals surface area contributed by atoms with Crippen LogP contribution >= 0.6 is 0 Å². The van der Waals surface area contributed by atoms with Gasteiger partial charge in [-0.15, -0.1) is 0 Å². The molecule has 0 aliphatic heterocycles. The summed E-state index contributed by atoms with van der Waals surface area (Å²) in [6.07, 6.45) is 6.21. The van der Waals surface area contributed by atoms with E-state index in [9.17, 15) is 8.42 Å². The fourth-order valence-corrected chi connectivity index (χ4v) is 3.01. The molecule has 0 saturated heterocycles. The highest BCUT2D eigenvalue weighted by Gasteiger charge is 2.17. The summed E-state index contributed by atoms with van der Waals surface area (Å²) in [5.74, 6) is 1.03. The normalized spacial score (nSPS) is 27.1. The highest BCUT2D eigenvalue weighted by Crippen LogP contribution is 2.22. The molecule has 1 aliphatic rings. The van der Waals surface area contributed by atoms with E-state index >= 15 is 0 Å². The Morgan fingerprint density at radius 2 is 1.88 bits per heavy atom. The first-order valence-electron chi connectivity index (χ1n) is 6.55. The predicted molar refractivity (Wildman–Crippen MR) is 71.5 cm³/mol. The van der Waals surface area contributed by atoms with E-state index in [1.807, 2.05) is 0 Å². The maximum absolute atomic E-state index is 11.6. The number of nitrogens with zero attached hydrogens (tertiary/aromatic N) is 1. The van der Waals surface area contributed by atoms with Gasteiger partial charge in [-0.2, -0.15) is 0 Å². The number of sulfonamides is 1. The molecule has 2 atom stereocenters. The minimum absolute atomic E-state index is 0.200. The zero-order valence-electron chi connectivity index (χ0n) is 11.3. The number of hydrogen-bond acceptors (Lipinski definition) is 3. The Labute approximate surface area is 106 Å². The standard InChI is InChI=1S/C12H26N2O2S/c1-11-5-4-6-12(8-7-11)13-9-10-17(15,16)14(2)3/h11-13H,4-10H2,1-3H3. The van der Waals surface area contributed by atoms with Gasteiger partial charge < -0.3 is 5.32 Å². The van der Waals surface area contributed by atoms with Crippen molar-refractivity contribution in [3.05, 3.63) is 0 Å². The summed E-state index contributed by atoms with van der Waals surface area (Å²) in [6.45, 7) is 2.87. The third-order valence-corrected chi connectivity index (χ3v) is 5.44. The van der Waals surface area contributed by atoms with Crippen molar-refractivity contribution in [3.8, 4) is 0 Å². The van der Waals surface area contributed by atoms with E-state index in [0.29, 0.717) is 12.6 Å². The third-order valence-electron chi connectivity index (χ3n) is 3.61. The van der Waals surface area contributed by atoms with Gasteiger partial charge in [0.15, 0.2) is 0 Å². The van der Waals surface area contributed by atoms with Gasteiger partial charge in [0.2, 0.25) is 10.0 Å². The number of nitrogens with one attached hydrogen (secondary N) is 1. The average molecular weight is 262 g/mol. The van der Waals surface area contributed by atoms with Gasteiger partial charge in [0.25, 0.3) is 0 Å². The molecule has 102 valence electrons. The second-order valence-electron chi connectivity index (χ2n) is 5.36. The Bertz CT molecular complexity index is 314. The average Bonchev–Trinajstić information content (AvgIpc) is 2.43. The zero-order valence-corrected chi connectivity index (χ0v) is 12.1. The molecule has 1 N–H and O–H groups in total. The van der Waals surface area contributed by atoms with Crippen LogP contribution in [0.4, 0.5) is 0 Å².